The minimum Gasteiger partial charge on any atom is -0.486 e. The van der Waals surface area contributed by atoms with Gasteiger partial charge in [-0.1, -0.05) is 29.3 Å². The van der Waals surface area contributed by atoms with Crippen LogP contribution in [-0.2, 0) is 6.54 Å². The van der Waals surface area contributed by atoms with E-state index in [-0.39, 0.29) is 11.6 Å². The van der Waals surface area contributed by atoms with Crippen molar-refractivity contribution in [3.8, 4) is 5.75 Å². The van der Waals surface area contributed by atoms with Crippen molar-refractivity contribution in [2.75, 3.05) is 5.32 Å². The van der Waals surface area contributed by atoms with Crippen LogP contribution >= 0.6 is 23.2 Å². The first-order valence-corrected chi connectivity index (χ1v) is 11.4. The highest BCUT2D eigenvalue weighted by molar-refractivity contribution is 6.35. The van der Waals surface area contributed by atoms with Gasteiger partial charge in [-0.05, 0) is 36.8 Å². The molecule has 0 aliphatic heterocycles. The number of amides is 1. The van der Waals surface area contributed by atoms with Crippen LogP contribution < -0.4 is 10.1 Å². The Morgan fingerprint density at radius 1 is 1.14 bits per heavy atom. The van der Waals surface area contributed by atoms with Gasteiger partial charge in [-0.25, -0.2) is 0 Å². The number of carbonyl (C=O) groups is 1. The van der Waals surface area contributed by atoms with Gasteiger partial charge in [-0.3, -0.25) is 24.5 Å². The van der Waals surface area contributed by atoms with E-state index in [1.165, 1.54) is 12.4 Å². The summed E-state index contributed by atoms with van der Waals surface area (Å²) in [5, 5.41) is 15.7. The number of rotatable bonds is 7. The number of hydrogen-bond acceptors (Lipinski definition) is 6. The van der Waals surface area contributed by atoms with Crippen molar-refractivity contribution in [3.05, 3.63) is 94.4 Å². The van der Waals surface area contributed by atoms with Crippen LogP contribution in [0.2, 0.25) is 10.0 Å². The number of benzene rings is 1. The van der Waals surface area contributed by atoms with Gasteiger partial charge in [0.15, 0.2) is 5.69 Å². The zero-order chi connectivity index (χ0) is 24.4. The molecule has 35 heavy (non-hydrogen) atoms. The fourth-order valence-electron chi connectivity index (χ4n) is 3.70. The number of anilines is 1. The molecule has 1 atom stereocenters. The summed E-state index contributed by atoms with van der Waals surface area (Å²) in [6, 6.07) is 9.15. The Hall–Kier alpha value is -3.95. The molecule has 11 heteroatoms. The zero-order valence-electron chi connectivity index (χ0n) is 18.4. The summed E-state index contributed by atoms with van der Waals surface area (Å²) in [4.78, 5) is 21.0. The van der Waals surface area contributed by atoms with Gasteiger partial charge in [0.05, 0.1) is 34.0 Å². The number of halogens is 2. The molecule has 1 aromatic carbocycles. The Labute approximate surface area is 210 Å². The number of aromatic amines is 1. The maximum absolute atomic E-state index is 13.0. The molecule has 0 saturated carbocycles. The molecule has 0 aliphatic carbocycles. The maximum atomic E-state index is 13.0. The Bertz CT molecular complexity index is 1480. The van der Waals surface area contributed by atoms with Crippen molar-refractivity contribution in [1.29, 1.82) is 0 Å². The van der Waals surface area contributed by atoms with Gasteiger partial charge in [-0.2, -0.15) is 10.2 Å². The largest absolute Gasteiger partial charge is 0.486 e. The molecule has 0 bridgehead atoms. The van der Waals surface area contributed by atoms with E-state index in [1.54, 1.807) is 47.7 Å². The normalized spacial score (nSPS) is 12.0. The van der Waals surface area contributed by atoms with E-state index in [2.05, 4.69) is 30.6 Å². The first-order chi connectivity index (χ1) is 17.0. The van der Waals surface area contributed by atoms with Crippen LogP contribution in [0.3, 0.4) is 0 Å². The van der Waals surface area contributed by atoms with E-state index in [0.29, 0.717) is 44.5 Å². The number of pyridine rings is 2. The fraction of sp³-hybridized carbons (Fsp3) is 0.125. The molecule has 0 unspecified atom stereocenters. The lowest BCUT2D eigenvalue weighted by Gasteiger charge is -2.17. The highest BCUT2D eigenvalue weighted by Crippen LogP contribution is 2.33. The smallest absolute Gasteiger partial charge is 0.276 e. The van der Waals surface area contributed by atoms with Gasteiger partial charge in [0.25, 0.3) is 5.91 Å². The Morgan fingerprint density at radius 2 is 1.97 bits per heavy atom. The van der Waals surface area contributed by atoms with Crippen molar-refractivity contribution in [2.24, 2.45) is 0 Å². The zero-order valence-corrected chi connectivity index (χ0v) is 20.0. The number of carbonyl (C=O) groups excluding carboxylic acids is 1. The molecular formula is C24H19Cl2N7O2. The molecular weight excluding hydrogens is 489 g/mol. The molecule has 1 amide bonds. The molecule has 5 aromatic rings. The van der Waals surface area contributed by atoms with Gasteiger partial charge in [0.1, 0.15) is 11.9 Å². The van der Waals surface area contributed by atoms with E-state index in [1.807, 2.05) is 19.1 Å². The molecule has 9 nitrogen and oxygen atoms in total. The second kappa shape index (κ2) is 9.73. The number of nitrogens with zero attached hydrogens (tertiary/aromatic N) is 5. The lowest BCUT2D eigenvalue weighted by Crippen LogP contribution is -2.12. The van der Waals surface area contributed by atoms with Crippen LogP contribution in [-0.4, -0.2) is 35.9 Å². The van der Waals surface area contributed by atoms with E-state index < -0.39 is 6.10 Å². The second-order valence-corrected chi connectivity index (χ2v) is 8.61. The van der Waals surface area contributed by atoms with Gasteiger partial charge >= 0.3 is 0 Å². The van der Waals surface area contributed by atoms with Gasteiger partial charge in [0.2, 0.25) is 0 Å². The standard InChI is InChI=1S/C24H19Cl2N7O2/c1-14(22-19(25)10-28-11-20(22)26)35-17-4-5-21-18(7-17)23(32-31-21)24(34)30-16-9-29-33(13-16)12-15-3-2-6-27-8-15/h2-11,13-14H,12H2,1H3,(H,30,34)(H,31,32)/t14-/m1/s1. The van der Waals surface area contributed by atoms with Crippen molar-refractivity contribution >= 4 is 45.7 Å². The van der Waals surface area contributed by atoms with Crippen LogP contribution in [0.4, 0.5) is 5.69 Å². The Morgan fingerprint density at radius 3 is 2.74 bits per heavy atom. The fourth-order valence-corrected chi connectivity index (χ4v) is 4.37. The Kier molecular flexibility index (Phi) is 6.35. The average Bonchev–Trinajstić information content (AvgIpc) is 3.46. The molecule has 0 radical (unpaired) electrons. The van der Waals surface area contributed by atoms with Gasteiger partial charge < -0.3 is 10.1 Å². The maximum Gasteiger partial charge on any atom is 0.276 e. The summed E-state index contributed by atoms with van der Waals surface area (Å²) in [5.41, 5.74) is 3.12. The van der Waals surface area contributed by atoms with Crippen LogP contribution in [0.15, 0.2) is 67.5 Å². The second-order valence-electron chi connectivity index (χ2n) is 7.80. The number of fused-ring (bicyclic) bond motifs is 1. The molecule has 0 aliphatic rings. The molecule has 176 valence electrons. The lowest BCUT2D eigenvalue weighted by molar-refractivity contribution is 0.102. The van der Waals surface area contributed by atoms with E-state index in [4.69, 9.17) is 27.9 Å². The summed E-state index contributed by atoms with van der Waals surface area (Å²) >= 11 is 12.5. The number of ether oxygens (including phenoxy) is 1. The molecule has 0 saturated heterocycles. The van der Waals surface area contributed by atoms with Crippen molar-refractivity contribution in [2.45, 2.75) is 19.6 Å². The summed E-state index contributed by atoms with van der Waals surface area (Å²) in [7, 11) is 0. The first-order valence-electron chi connectivity index (χ1n) is 10.6. The predicted molar refractivity (Wildman–Crippen MR) is 133 cm³/mol. The summed E-state index contributed by atoms with van der Waals surface area (Å²) in [6.07, 6.45) is 9.41. The third-order valence-electron chi connectivity index (χ3n) is 5.32. The van der Waals surface area contributed by atoms with E-state index in [9.17, 15) is 4.79 Å². The van der Waals surface area contributed by atoms with Gasteiger partial charge in [-0.15, -0.1) is 0 Å². The molecule has 0 spiro atoms. The lowest BCUT2D eigenvalue weighted by atomic mass is 10.1. The SMILES string of the molecule is C[C@@H](Oc1ccc2[nH]nc(C(=O)Nc3cnn(Cc4cccnc4)c3)c2c1)c1c(Cl)cncc1Cl. The molecule has 2 N–H and O–H groups in total. The average molecular weight is 508 g/mol. The number of hydrogen-bond donors (Lipinski definition) is 2. The first kappa shape index (κ1) is 22.8. The molecule has 4 aromatic heterocycles. The topological polar surface area (TPSA) is 111 Å². The molecule has 5 rings (SSSR count). The third kappa shape index (κ3) is 4.96. The van der Waals surface area contributed by atoms with Crippen LogP contribution in [0.5, 0.6) is 5.75 Å². The quantitative estimate of drug-likeness (QED) is 0.309. The number of aromatic nitrogens is 6. The summed E-state index contributed by atoms with van der Waals surface area (Å²) in [5.74, 6) is 0.163. The monoisotopic (exact) mass is 507 g/mol. The van der Waals surface area contributed by atoms with Crippen LogP contribution in [0.25, 0.3) is 10.9 Å². The molecule has 4 heterocycles. The number of nitrogens with one attached hydrogen (secondary N) is 2. The number of H-pyrrole nitrogens is 1. The van der Waals surface area contributed by atoms with E-state index in [0.717, 1.165) is 5.56 Å². The van der Waals surface area contributed by atoms with Crippen LogP contribution in [0, 0.1) is 0 Å². The summed E-state index contributed by atoms with van der Waals surface area (Å²) in [6.45, 7) is 2.38. The van der Waals surface area contributed by atoms with Gasteiger partial charge in [0, 0.05) is 41.9 Å². The van der Waals surface area contributed by atoms with Crippen LogP contribution in [0.1, 0.15) is 34.6 Å². The highest BCUT2D eigenvalue weighted by atomic mass is 35.5. The van der Waals surface area contributed by atoms with Crippen molar-refractivity contribution < 1.29 is 9.53 Å². The third-order valence-corrected chi connectivity index (χ3v) is 5.92. The summed E-state index contributed by atoms with van der Waals surface area (Å²) < 4.78 is 7.78. The Balaban J connectivity index is 1.33. The minimum absolute atomic E-state index is 0.234. The highest BCUT2D eigenvalue weighted by Gasteiger charge is 2.19. The molecule has 0 fully saturated rings. The van der Waals surface area contributed by atoms with Crippen molar-refractivity contribution in [1.82, 2.24) is 29.9 Å². The van der Waals surface area contributed by atoms with E-state index >= 15 is 0 Å². The predicted octanol–water partition coefficient (Wildman–Crippen LogP) is 5.30. The minimum atomic E-state index is -0.440. The van der Waals surface area contributed by atoms with Crippen molar-refractivity contribution in [3.63, 3.8) is 0 Å².